The topological polar surface area (TPSA) is 59.2 Å². The van der Waals surface area contributed by atoms with Crippen LogP contribution in [0.1, 0.15) is 50.3 Å². The number of likely N-dealkylation sites (tertiary alicyclic amines) is 1. The maximum absolute atomic E-state index is 12.6. The van der Waals surface area contributed by atoms with E-state index in [0.29, 0.717) is 17.7 Å². The third kappa shape index (κ3) is 3.04. The highest BCUT2D eigenvalue weighted by molar-refractivity contribution is 7.13. The highest BCUT2D eigenvalue weighted by Gasteiger charge is 2.32. The van der Waals surface area contributed by atoms with E-state index < -0.39 is 0 Å². The Morgan fingerprint density at radius 2 is 2.09 bits per heavy atom. The monoisotopic (exact) mass is 331 g/mol. The molecule has 1 saturated carbocycles. The van der Waals surface area contributed by atoms with E-state index in [2.05, 4.69) is 10.2 Å². The molecule has 2 aromatic rings. The van der Waals surface area contributed by atoms with Crippen LogP contribution in [0.2, 0.25) is 0 Å². The van der Waals surface area contributed by atoms with Crippen molar-refractivity contribution in [2.45, 2.75) is 44.4 Å². The maximum Gasteiger partial charge on any atom is 0.257 e. The van der Waals surface area contributed by atoms with Gasteiger partial charge < -0.3 is 9.32 Å². The zero-order chi connectivity index (χ0) is 15.6. The third-order valence-corrected chi connectivity index (χ3v) is 5.82. The van der Waals surface area contributed by atoms with Crippen molar-refractivity contribution < 1.29 is 9.21 Å². The van der Waals surface area contributed by atoms with E-state index in [4.69, 9.17) is 4.42 Å². The second-order valence-electron chi connectivity index (χ2n) is 6.53. The molecule has 0 bridgehead atoms. The molecule has 2 aromatic heterocycles. The molecule has 1 atom stereocenters. The van der Waals surface area contributed by atoms with Crippen molar-refractivity contribution >= 4 is 17.2 Å². The van der Waals surface area contributed by atoms with Gasteiger partial charge in [0.2, 0.25) is 11.8 Å². The standard InChI is InChI=1S/C17H21N3O2S/c21-17(12-5-1-2-6-12)20-9-3-7-13(11-20)15-18-19-16(22-15)14-8-4-10-23-14/h4,8,10,12-13H,1-3,5-7,9,11H2/t13-/m1/s1. The van der Waals surface area contributed by atoms with Crippen molar-refractivity contribution in [2.75, 3.05) is 13.1 Å². The number of aromatic nitrogens is 2. The number of nitrogens with zero attached hydrogens (tertiary/aromatic N) is 3. The molecule has 5 nitrogen and oxygen atoms in total. The largest absolute Gasteiger partial charge is 0.420 e. The smallest absolute Gasteiger partial charge is 0.257 e. The summed E-state index contributed by atoms with van der Waals surface area (Å²) < 4.78 is 5.87. The lowest BCUT2D eigenvalue weighted by Crippen LogP contribution is -2.41. The summed E-state index contributed by atoms with van der Waals surface area (Å²) in [5, 5.41) is 10.4. The Morgan fingerprint density at radius 3 is 2.87 bits per heavy atom. The molecule has 2 fully saturated rings. The first-order valence-corrected chi connectivity index (χ1v) is 9.35. The zero-order valence-corrected chi connectivity index (χ0v) is 13.9. The maximum atomic E-state index is 12.6. The van der Waals surface area contributed by atoms with Crippen LogP contribution in [-0.4, -0.2) is 34.1 Å². The summed E-state index contributed by atoms with van der Waals surface area (Å²) >= 11 is 1.60. The van der Waals surface area contributed by atoms with Gasteiger partial charge in [0, 0.05) is 19.0 Å². The Kier molecular flexibility index (Phi) is 4.16. The van der Waals surface area contributed by atoms with Gasteiger partial charge in [-0.1, -0.05) is 18.9 Å². The summed E-state index contributed by atoms with van der Waals surface area (Å²) in [5.41, 5.74) is 0. The van der Waals surface area contributed by atoms with Crippen LogP contribution in [0.4, 0.5) is 0 Å². The molecule has 0 aromatic carbocycles. The molecule has 6 heteroatoms. The predicted octanol–water partition coefficient (Wildman–Crippen LogP) is 3.69. The van der Waals surface area contributed by atoms with E-state index in [-0.39, 0.29) is 11.8 Å². The van der Waals surface area contributed by atoms with Gasteiger partial charge in [0.05, 0.1) is 10.8 Å². The van der Waals surface area contributed by atoms with Crippen LogP contribution in [0.3, 0.4) is 0 Å². The average molecular weight is 331 g/mol. The van der Waals surface area contributed by atoms with Crippen molar-refractivity contribution in [3.63, 3.8) is 0 Å². The fourth-order valence-electron chi connectivity index (χ4n) is 3.71. The van der Waals surface area contributed by atoms with Crippen LogP contribution in [0.15, 0.2) is 21.9 Å². The Labute approximate surface area is 139 Å². The summed E-state index contributed by atoms with van der Waals surface area (Å²) in [7, 11) is 0. The highest BCUT2D eigenvalue weighted by atomic mass is 32.1. The molecular formula is C17H21N3O2S. The molecule has 1 aliphatic carbocycles. The minimum Gasteiger partial charge on any atom is -0.420 e. The minimum atomic E-state index is 0.176. The Hall–Kier alpha value is -1.69. The predicted molar refractivity (Wildman–Crippen MR) is 88.1 cm³/mol. The van der Waals surface area contributed by atoms with E-state index >= 15 is 0 Å². The lowest BCUT2D eigenvalue weighted by molar-refractivity contribution is -0.136. The Morgan fingerprint density at radius 1 is 1.22 bits per heavy atom. The van der Waals surface area contributed by atoms with E-state index in [1.807, 2.05) is 22.4 Å². The first-order chi connectivity index (χ1) is 11.3. The SMILES string of the molecule is O=C(C1CCCC1)N1CCC[C@@H](c2nnc(-c3cccs3)o2)C1. The van der Waals surface area contributed by atoms with Crippen molar-refractivity contribution in [2.24, 2.45) is 5.92 Å². The quantitative estimate of drug-likeness (QED) is 0.860. The van der Waals surface area contributed by atoms with Crippen LogP contribution >= 0.6 is 11.3 Å². The lowest BCUT2D eigenvalue weighted by Gasteiger charge is -2.32. The van der Waals surface area contributed by atoms with Crippen LogP contribution in [0.5, 0.6) is 0 Å². The van der Waals surface area contributed by atoms with Crippen LogP contribution in [0, 0.1) is 5.92 Å². The highest BCUT2D eigenvalue weighted by Crippen LogP contribution is 2.32. The molecule has 0 unspecified atom stereocenters. The summed E-state index contributed by atoms with van der Waals surface area (Å²) in [6.07, 6.45) is 6.54. The molecule has 0 N–H and O–H groups in total. The van der Waals surface area contributed by atoms with E-state index in [9.17, 15) is 4.79 Å². The first-order valence-electron chi connectivity index (χ1n) is 8.47. The number of hydrogen-bond donors (Lipinski definition) is 0. The van der Waals surface area contributed by atoms with Gasteiger partial charge in [-0.05, 0) is 37.1 Å². The van der Waals surface area contributed by atoms with Gasteiger partial charge in [0.1, 0.15) is 0 Å². The Balaban J connectivity index is 1.46. The summed E-state index contributed by atoms with van der Waals surface area (Å²) in [5.74, 6) is 2.03. The van der Waals surface area contributed by atoms with Crippen molar-refractivity contribution in [1.29, 1.82) is 0 Å². The van der Waals surface area contributed by atoms with Crippen molar-refractivity contribution in [3.05, 3.63) is 23.4 Å². The van der Waals surface area contributed by atoms with E-state index in [1.165, 1.54) is 12.8 Å². The van der Waals surface area contributed by atoms with E-state index in [0.717, 1.165) is 43.6 Å². The molecule has 1 aliphatic heterocycles. The number of rotatable bonds is 3. The molecule has 0 spiro atoms. The summed E-state index contributed by atoms with van der Waals surface area (Å²) in [4.78, 5) is 15.7. The molecule has 122 valence electrons. The first kappa shape index (κ1) is 14.9. The van der Waals surface area contributed by atoms with Gasteiger partial charge in [0.15, 0.2) is 0 Å². The summed E-state index contributed by atoms with van der Waals surface area (Å²) in [6.45, 7) is 1.60. The van der Waals surface area contributed by atoms with Crippen LogP contribution in [-0.2, 0) is 4.79 Å². The fourth-order valence-corrected chi connectivity index (χ4v) is 4.35. The number of carbonyl (C=O) groups is 1. The molecule has 1 amide bonds. The molecule has 1 saturated heterocycles. The van der Waals surface area contributed by atoms with Crippen LogP contribution < -0.4 is 0 Å². The van der Waals surface area contributed by atoms with Gasteiger partial charge in [0.25, 0.3) is 5.89 Å². The van der Waals surface area contributed by atoms with Gasteiger partial charge >= 0.3 is 0 Å². The number of hydrogen-bond acceptors (Lipinski definition) is 5. The number of thiophene rings is 1. The van der Waals surface area contributed by atoms with Gasteiger partial charge in [-0.3, -0.25) is 4.79 Å². The molecule has 2 aliphatic rings. The zero-order valence-electron chi connectivity index (χ0n) is 13.1. The fraction of sp³-hybridized carbons (Fsp3) is 0.588. The molecular weight excluding hydrogens is 310 g/mol. The third-order valence-electron chi connectivity index (χ3n) is 4.96. The van der Waals surface area contributed by atoms with Crippen molar-refractivity contribution in [1.82, 2.24) is 15.1 Å². The Bertz CT molecular complexity index is 661. The van der Waals surface area contributed by atoms with Gasteiger partial charge in [-0.2, -0.15) is 0 Å². The van der Waals surface area contributed by atoms with Crippen molar-refractivity contribution in [3.8, 4) is 10.8 Å². The molecule has 4 rings (SSSR count). The van der Waals surface area contributed by atoms with Gasteiger partial charge in [-0.25, -0.2) is 0 Å². The molecule has 0 radical (unpaired) electrons. The average Bonchev–Trinajstić information content (AvgIpc) is 3.36. The minimum absolute atomic E-state index is 0.176. The number of piperidine rings is 1. The van der Waals surface area contributed by atoms with Gasteiger partial charge in [-0.15, -0.1) is 21.5 Å². The van der Waals surface area contributed by atoms with Crippen LogP contribution in [0.25, 0.3) is 10.8 Å². The van der Waals surface area contributed by atoms with E-state index in [1.54, 1.807) is 11.3 Å². The molecule has 23 heavy (non-hydrogen) atoms. The second kappa shape index (κ2) is 6.43. The normalized spacial score (nSPS) is 22.6. The second-order valence-corrected chi connectivity index (χ2v) is 7.48. The summed E-state index contributed by atoms with van der Waals surface area (Å²) in [6, 6.07) is 3.96. The lowest BCUT2D eigenvalue weighted by atomic mass is 9.96. The number of amides is 1. The molecule has 3 heterocycles. The number of carbonyl (C=O) groups excluding carboxylic acids is 1.